The van der Waals surface area contributed by atoms with Crippen LogP contribution < -0.4 is 5.32 Å². The van der Waals surface area contributed by atoms with Gasteiger partial charge >= 0.3 is 0 Å². The number of hydrogen-bond donors (Lipinski definition) is 1. The number of hydrogen-bond acceptors (Lipinski definition) is 6. The summed E-state index contributed by atoms with van der Waals surface area (Å²) < 4.78 is 6.48. The molecule has 0 aliphatic rings. The standard InChI is InChI=1S/C18H14BrN3O3S/c1-11(23)12-4-3-7-15(9-12)20-16(24)10-26-18-22-21-17(25-18)13-5-2-6-14(19)8-13/h2-9H,10H2,1H3,(H,20,24). The lowest BCUT2D eigenvalue weighted by atomic mass is 10.1. The molecule has 3 rings (SSSR count). The van der Waals surface area contributed by atoms with Crippen LogP contribution in [0.4, 0.5) is 5.69 Å². The van der Waals surface area contributed by atoms with Crippen LogP contribution in [0.15, 0.2) is 62.6 Å². The van der Waals surface area contributed by atoms with Crippen LogP contribution in [-0.4, -0.2) is 27.6 Å². The predicted molar refractivity (Wildman–Crippen MR) is 103 cm³/mol. The van der Waals surface area contributed by atoms with Crippen LogP contribution in [0.25, 0.3) is 11.5 Å². The molecule has 0 unspecified atom stereocenters. The fraction of sp³-hybridized carbons (Fsp3) is 0.111. The molecule has 6 nitrogen and oxygen atoms in total. The number of Topliss-reactive ketones (excluding diaryl/α,β-unsaturated/α-hetero) is 1. The number of anilines is 1. The summed E-state index contributed by atoms with van der Waals surface area (Å²) in [6, 6.07) is 14.3. The van der Waals surface area contributed by atoms with Crippen LogP contribution in [0.2, 0.25) is 0 Å². The van der Waals surface area contributed by atoms with E-state index in [1.165, 1.54) is 6.92 Å². The fourth-order valence-electron chi connectivity index (χ4n) is 2.15. The fourth-order valence-corrected chi connectivity index (χ4v) is 3.11. The second-order valence-corrected chi connectivity index (χ2v) is 7.20. The second-order valence-electron chi connectivity index (χ2n) is 5.36. The molecule has 132 valence electrons. The highest BCUT2D eigenvalue weighted by molar-refractivity contribution is 9.10. The normalized spacial score (nSPS) is 10.5. The van der Waals surface area contributed by atoms with Gasteiger partial charge in [-0.15, -0.1) is 10.2 Å². The number of halogens is 1. The van der Waals surface area contributed by atoms with Crippen LogP contribution in [0.5, 0.6) is 0 Å². The van der Waals surface area contributed by atoms with Gasteiger partial charge in [0.05, 0.1) is 5.75 Å². The maximum Gasteiger partial charge on any atom is 0.277 e. The molecule has 26 heavy (non-hydrogen) atoms. The molecule has 0 aliphatic heterocycles. The Morgan fingerprint density at radius 2 is 1.96 bits per heavy atom. The third-order valence-electron chi connectivity index (χ3n) is 3.36. The summed E-state index contributed by atoms with van der Waals surface area (Å²) in [5.41, 5.74) is 1.92. The van der Waals surface area contributed by atoms with Crippen molar-refractivity contribution in [1.82, 2.24) is 10.2 Å². The number of amides is 1. The lowest BCUT2D eigenvalue weighted by Crippen LogP contribution is -2.14. The molecule has 1 aromatic heterocycles. The number of nitrogens with one attached hydrogen (secondary N) is 1. The first-order chi connectivity index (χ1) is 12.5. The second kappa shape index (κ2) is 8.29. The van der Waals surface area contributed by atoms with E-state index in [0.29, 0.717) is 22.4 Å². The van der Waals surface area contributed by atoms with Gasteiger partial charge < -0.3 is 9.73 Å². The number of nitrogens with zero attached hydrogens (tertiary/aromatic N) is 2. The van der Waals surface area contributed by atoms with E-state index < -0.39 is 0 Å². The lowest BCUT2D eigenvalue weighted by molar-refractivity contribution is -0.113. The first-order valence-corrected chi connectivity index (χ1v) is 9.42. The molecule has 1 amide bonds. The Bertz CT molecular complexity index is 958. The van der Waals surface area contributed by atoms with Gasteiger partial charge in [-0.1, -0.05) is 45.9 Å². The number of carbonyl (C=O) groups excluding carboxylic acids is 2. The summed E-state index contributed by atoms with van der Waals surface area (Å²) in [5, 5.41) is 11.0. The summed E-state index contributed by atoms with van der Waals surface area (Å²) in [4.78, 5) is 23.5. The third-order valence-corrected chi connectivity index (χ3v) is 4.67. The van der Waals surface area contributed by atoms with Gasteiger partial charge in [0.1, 0.15) is 0 Å². The zero-order valence-electron chi connectivity index (χ0n) is 13.7. The Kier molecular flexibility index (Phi) is 5.85. The average Bonchev–Trinajstić information content (AvgIpc) is 3.09. The van der Waals surface area contributed by atoms with Crippen LogP contribution in [0.3, 0.4) is 0 Å². The number of aromatic nitrogens is 2. The minimum absolute atomic E-state index is 0.0542. The van der Waals surface area contributed by atoms with E-state index in [0.717, 1.165) is 21.8 Å². The maximum atomic E-state index is 12.1. The van der Waals surface area contributed by atoms with Crippen LogP contribution in [0.1, 0.15) is 17.3 Å². The molecular formula is C18H14BrN3O3S. The van der Waals surface area contributed by atoms with E-state index in [1.807, 2.05) is 24.3 Å². The minimum atomic E-state index is -0.224. The van der Waals surface area contributed by atoms with Gasteiger partial charge in [-0.05, 0) is 37.3 Å². The van der Waals surface area contributed by atoms with Crippen molar-refractivity contribution in [2.45, 2.75) is 12.1 Å². The van der Waals surface area contributed by atoms with Crippen LogP contribution in [0, 0.1) is 0 Å². The smallest absolute Gasteiger partial charge is 0.277 e. The largest absolute Gasteiger partial charge is 0.411 e. The molecule has 0 radical (unpaired) electrons. The molecular weight excluding hydrogens is 418 g/mol. The van der Waals surface area contributed by atoms with Crippen molar-refractivity contribution in [2.24, 2.45) is 0 Å². The van der Waals surface area contributed by atoms with Gasteiger partial charge in [-0.2, -0.15) is 0 Å². The van der Waals surface area contributed by atoms with E-state index >= 15 is 0 Å². The molecule has 0 saturated carbocycles. The molecule has 3 aromatic rings. The summed E-state index contributed by atoms with van der Waals surface area (Å²) in [5.74, 6) is 0.229. The van der Waals surface area contributed by atoms with Crippen molar-refractivity contribution < 1.29 is 14.0 Å². The van der Waals surface area contributed by atoms with E-state index in [9.17, 15) is 9.59 Å². The Morgan fingerprint density at radius 1 is 1.15 bits per heavy atom. The Labute approximate surface area is 162 Å². The Hall–Kier alpha value is -2.45. The molecule has 0 aliphatic carbocycles. The molecule has 1 heterocycles. The highest BCUT2D eigenvalue weighted by Gasteiger charge is 2.12. The lowest BCUT2D eigenvalue weighted by Gasteiger charge is -2.05. The average molecular weight is 432 g/mol. The molecule has 2 aromatic carbocycles. The quantitative estimate of drug-likeness (QED) is 0.458. The number of ketones is 1. The van der Waals surface area contributed by atoms with E-state index in [1.54, 1.807) is 24.3 Å². The molecule has 0 saturated heterocycles. The van der Waals surface area contributed by atoms with Gasteiger partial charge in [-0.25, -0.2) is 0 Å². The van der Waals surface area contributed by atoms with Gasteiger partial charge in [0.15, 0.2) is 5.78 Å². The van der Waals surface area contributed by atoms with E-state index in [-0.39, 0.29) is 17.4 Å². The van der Waals surface area contributed by atoms with Crippen molar-refractivity contribution in [3.63, 3.8) is 0 Å². The molecule has 1 N–H and O–H groups in total. The highest BCUT2D eigenvalue weighted by Crippen LogP contribution is 2.25. The van der Waals surface area contributed by atoms with Crippen molar-refractivity contribution in [3.8, 4) is 11.5 Å². The summed E-state index contributed by atoms with van der Waals surface area (Å²) in [6.45, 7) is 1.48. The Morgan fingerprint density at radius 3 is 2.73 bits per heavy atom. The number of carbonyl (C=O) groups is 2. The SMILES string of the molecule is CC(=O)c1cccc(NC(=O)CSc2nnc(-c3cccc(Br)c3)o2)c1. The summed E-state index contributed by atoms with van der Waals surface area (Å²) in [6.07, 6.45) is 0. The summed E-state index contributed by atoms with van der Waals surface area (Å²) >= 11 is 4.54. The van der Waals surface area contributed by atoms with Crippen LogP contribution in [-0.2, 0) is 4.79 Å². The predicted octanol–water partition coefficient (Wildman–Crippen LogP) is 4.43. The maximum absolute atomic E-state index is 12.1. The van der Waals surface area contributed by atoms with Gasteiger partial charge in [0.25, 0.3) is 5.22 Å². The topological polar surface area (TPSA) is 85.1 Å². The van der Waals surface area contributed by atoms with Gasteiger partial charge in [0, 0.05) is 21.3 Å². The first-order valence-electron chi connectivity index (χ1n) is 7.64. The number of thioether (sulfide) groups is 1. The zero-order valence-corrected chi connectivity index (χ0v) is 16.1. The van der Waals surface area contributed by atoms with Crippen molar-refractivity contribution in [3.05, 3.63) is 58.6 Å². The monoisotopic (exact) mass is 431 g/mol. The molecule has 0 fully saturated rings. The zero-order chi connectivity index (χ0) is 18.5. The van der Waals surface area contributed by atoms with Gasteiger partial charge in [0.2, 0.25) is 11.8 Å². The minimum Gasteiger partial charge on any atom is -0.411 e. The number of rotatable bonds is 6. The highest BCUT2D eigenvalue weighted by atomic mass is 79.9. The summed E-state index contributed by atoms with van der Waals surface area (Å²) in [7, 11) is 0. The third kappa shape index (κ3) is 4.80. The van der Waals surface area contributed by atoms with E-state index in [2.05, 4.69) is 31.4 Å². The Balaban J connectivity index is 1.58. The molecule has 0 atom stereocenters. The van der Waals surface area contributed by atoms with Crippen molar-refractivity contribution >= 4 is 45.1 Å². The molecule has 0 bridgehead atoms. The van der Waals surface area contributed by atoms with E-state index in [4.69, 9.17) is 4.42 Å². The van der Waals surface area contributed by atoms with Crippen LogP contribution >= 0.6 is 27.7 Å². The van der Waals surface area contributed by atoms with Crippen molar-refractivity contribution in [2.75, 3.05) is 11.1 Å². The molecule has 8 heteroatoms. The molecule has 0 spiro atoms. The van der Waals surface area contributed by atoms with Gasteiger partial charge in [-0.3, -0.25) is 9.59 Å². The number of benzene rings is 2. The first kappa shape index (κ1) is 18.3. The van der Waals surface area contributed by atoms with Crippen molar-refractivity contribution in [1.29, 1.82) is 0 Å².